The molecule has 3 aromatic carbocycles. The molecule has 5 rings (SSSR count). The third-order valence-corrected chi connectivity index (χ3v) is 6.91. The van der Waals surface area contributed by atoms with Crippen LogP contribution >= 0.6 is 11.6 Å². The zero-order chi connectivity index (χ0) is 23.5. The van der Waals surface area contributed by atoms with Gasteiger partial charge in [-0.25, -0.2) is 0 Å². The Labute approximate surface area is 205 Å². The normalized spacial score (nSPS) is 18.7. The van der Waals surface area contributed by atoms with Gasteiger partial charge in [-0.05, 0) is 34.7 Å². The van der Waals surface area contributed by atoms with Crippen LogP contribution < -0.4 is 0 Å². The van der Waals surface area contributed by atoms with E-state index < -0.39 is 0 Å². The molecule has 2 aliphatic rings. The summed E-state index contributed by atoms with van der Waals surface area (Å²) in [4.78, 5) is 31.4. The average Bonchev–Trinajstić information content (AvgIpc) is 3.22. The van der Waals surface area contributed by atoms with Crippen LogP contribution in [0.3, 0.4) is 0 Å². The van der Waals surface area contributed by atoms with Crippen molar-refractivity contribution < 1.29 is 9.59 Å². The molecule has 1 heterocycles. The highest BCUT2D eigenvalue weighted by Crippen LogP contribution is 2.36. The molecule has 3 aromatic rings. The Bertz CT molecular complexity index is 1130. The first kappa shape index (κ1) is 22.4. The highest BCUT2D eigenvalue weighted by Gasteiger charge is 2.38. The zero-order valence-electron chi connectivity index (χ0n) is 19.0. The number of Topliss-reactive ketones (excluding diaryl/α,β-unsaturated/α-hetero) is 2. The van der Waals surface area contributed by atoms with E-state index in [0.29, 0.717) is 36.5 Å². The van der Waals surface area contributed by atoms with Gasteiger partial charge in [-0.1, -0.05) is 84.4 Å². The Balaban J connectivity index is 1.48. The molecule has 1 aliphatic heterocycles. The number of allylic oxidation sites excluding steroid dienone is 1. The molecule has 0 unspecified atom stereocenters. The van der Waals surface area contributed by atoms with Gasteiger partial charge in [0.15, 0.2) is 11.6 Å². The summed E-state index contributed by atoms with van der Waals surface area (Å²) in [5.74, 6) is 0.555. The van der Waals surface area contributed by atoms with E-state index in [1.165, 1.54) is 0 Å². The second-order valence-corrected chi connectivity index (χ2v) is 9.45. The highest BCUT2D eigenvalue weighted by atomic mass is 35.5. The van der Waals surface area contributed by atoms with Crippen molar-refractivity contribution in [3.8, 4) is 0 Å². The minimum Gasteiger partial charge on any atom is -0.351 e. The molecule has 0 radical (unpaired) electrons. The predicted molar refractivity (Wildman–Crippen MR) is 134 cm³/mol. The molecular weight excluding hydrogens is 444 g/mol. The fourth-order valence-electron chi connectivity index (χ4n) is 4.98. The second kappa shape index (κ2) is 9.86. The van der Waals surface area contributed by atoms with Gasteiger partial charge in [0, 0.05) is 44.0 Å². The van der Waals surface area contributed by atoms with Crippen LogP contribution in [0.2, 0.25) is 5.02 Å². The van der Waals surface area contributed by atoms with Gasteiger partial charge in [0.25, 0.3) is 0 Å². The van der Waals surface area contributed by atoms with Gasteiger partial charge in [-0.2, -0.15) is 0 Å². The summed E-state index contributed by atoms with van der Waals surface area (Å²) in [6, 6.07) is 27.9. The number of rotatable bonds is 5. The van der Waals surface area contributed by atoms with Crippen LogP contribution in [0, 0.1) is 0 Å². The molecule has 1 saturated heterocycles. The number of carbonyl (C=O) groups is 2. The van der Waals surface area contributed by atoms with E-state index in [-0.39, 0.29) is 17.5 Å². The molecule has 1 saturated carbocycles. The van der Waals surface area contributed by atoms with Crippen molar-refractivity contribution in [2.45, 2.75) is 31.8 Å². The zero-order valence-corrected chi connectivity index (χ0v) is 19.7. The van der Waals surface area contributed by atoms with Crippen LogP contribution in [-0.2, 0) is 22.7 Å². The van der Waals surface area contributed by atoms with Crippen LogP contribution in [0.4, 0.5) is 0 Å². The van der Waals surface area contributed by atoms with Gasteiger partial charge in [-0.3, -0.25) is 9.59 Å². The lowest BCUT2D eigenvalue weighted by atomic mass is 9.79. The number of ketones is 2. The third kappa shape index (κ3) is 4.78. The Kier molecular flexibility index (Phi) is 6.50. The summed E-state index contributed by atoms with van der Waals surface area (Å²) < 4.78 is 0. The molecule has 172 valence electrons. The fraction of sp³-hybridized carbons (Fsp3) is 0.241. The van der Waals surface area contributed by atoms with E-state index in [4.69, 9.17) is 11.6 Å². The summed E-state index contributed by atoms with van der Waals surface area (Å²) in [7, 11) is 0. The molecule has 0 amide bonds. The molecule has 0 atom stereocenters. The first-order chi connectivity index (χ1) is 16.6. The van der Waals surface area contributed by atoms with E-state index >= 15 is 0 Å². The molecule has 4 nitrogen and oxygen atoms in total. The predicted octanol–water partition coefficient (Wildman–Crippen LogP) is 5.59. The molecule has 1 aliphatic carbocycles. The van der Waals surface area contributed by atoms with Crippen LogP contribution in [0.15, 0.2) is 96.3 Å². The minimum absolute atomic E-state index is 0.0655. The smallest absolute Gasteiger partial charge is 0.170 e. The molecule has 0 N–H and O–H groups in total. The highest BCUT2D eigenvalue weighted by molar-refractivity contribution is 6.30. The summed E-state index contributed by atoms with van der Waals surface area (Å²) in [5.41, 5.74) is 3.69. The Hall–Kier alpha value is -3.37. The number of hydrogen-bond donors (Lipinski definition) is 0. The second-order valence-electron chi connectivity index (χ2n) is 9.02. The standard InChI is InChI=1S/C29H27ClN2O2/c30-25-13-11-23(12-14-25)24-17-26(33)28(27(34)18-24)29-31(19-21-7-3-1-4-8-21)15-16-32(29)20-22-9-5-2-6-10-22/h1-14,24H,15-20H2. The third-order valence-electron chi connectivity index (χ3n) is 6.66. The van der Waals surface area contributed by atoms with Crippen molar-refractivity contribution >= 4 is 23.2 Å². The van der Waals surface area contributed by atoms with Gasteiger partial charge < -0.3 is 9.80 Å². The van der Waals surface area contributed by atoms with Crippen LogP contribution in [0.5, 0.6) is 0 Å². The van der Waals surface area contributed by atoms with Crippen molar-refractivity contribution in [2.75, 3.05) is 13.1 Å². The molecular formula is C29H27ClN2O2. The molecule has 0 spiro atoms. The Morgan fingerprint density at radius 1 is 0.676 bits per heavy atom. The topological polar surface area (TPSA) is 40.6 Å². The van der Waals surface area contributed by atoms with Crippen LogP contribution in [0.1, 0.15) is 35.4 Å². The van der Waals surface area contributed by atoms with Gasteiger partial charge in [0.05, 0.1) is 0 Å². The lowest BCUT2D eigenvalue weighted by Crippen LogP contribution is -2.33. The first-order valence-corrected chi connectivity index (χ1v) is 12.1. The van der Waals surface area contributed by atoms with Crippen molar-refractivity contribution in [1.29, 1.82) is 0 Å². The van der Waals surface area contributed by atoms with Crippen molar-refractivity contribution in [2.24, 2.45) is 0 Å². The summed E-state index contributed by atoms with van der Waals surface area (Å²) in [6.07, 6.45) is 0.676. The Morgan fingerprint density at radius 2 is 1.15 bits per heavy atom. The lowest BCUT2D eigenvalue weighted by molar-refractivity contribution is -0.124. The van der Waals surface area contributed by atoms with Gasteiger partial charge >= 0.3 is 0 Å². The molecule has 0 aromatic heterocycles. The van der Waals surface area contributed by atoms with Gasteiger partial charge in [0.1, 0.15) is 11.4 Å². The number of benzene rings is 3. The largest absolute Gasteiger partial charge is 0.351 e. The number of carbonyl (C=O) groups excluding carboxylic acids is 2. The number of halogens is 1. The monoisotopic (exact) mass is 470 g/mol. The van der Waals surface area contributed by atoms with Crippen molar-refractivity contribution in [1.82, 2.24) is 9.80 Å². The summed E-state index contributed by atoms with van der Waals surface area (Å²) >= 11 is 6.03. The Morgan fingerprint density at radius 3 is 1.62 bits per heavy atom. The van der Waals surface area contributed by atoms with Crippen LogP contribution in [-0.4, -0.2) is 34.5 Å². The van der Waals surface area contributed by atoms with E-state index in [1.807, 2.05) is 60.7 Å². The van der Waals surface area contributed by atoms with E-state index in [2.05, 4.69) is 34.1 Å². The number of nitrogens with zero attached hydrogens (tertiary/aromatic N) is 2. The summed E-state index contributed by atoms with van der Waals surface area (Å²) in [5, 5.41) is 0.652. The first-order valence-electron chi connectivity index (χ1n) is 11.7. The molecule has 0 bridgehead atoms. The minimum atomic E-state index is -0.104. The number of hydrogen-bond acceptors (Lipinski definition) is 4. The van der Waals surface area contributed by atoms with E-state index in [9.17, 15) is 9.59 Å². The van der Waals surface area contributed by atoms with Crippen molar-refractivity contribution in [3.05, 3.63) is 118 Å². The van der Waals surface area contributed by atoms with Gasteiger partial charge in [0.2, 0.25) is 0 Å². The summed E-state index contributed by atoms with van der Waals surface area (Å²) in [6.45, 7) is 2.90. The maximum absolute atomic E-state index is 13.5. The van der Waals surface area contributed by atoms with E-state index in [1.54, 1.807) is 0 Å². The van der Waals surface area contributed by atoms with Crippen molar-refractivity contribution in [3.63, 3.8) is 0 Å². The van der Waals surface area contributed by atoms with E-state index in [0.717, 1.165) is 35.6 Å². The molecule has 34 heavy (non-hydrogen) atoms. The SMILES string of the molecule is O=C1CC(c2ccc(Cl)cc2)CC(=O)C1=C1N(Cc2ccccc2)CCN1Cc1ccccc1. The molecule has 2 fully saturated rings. The van der Waals surface area contributed by atoms with Crippen LogP contribution in [0.25, 0.3) is 0 Å². The van der Waals surface area contributed by atoms with Gasteiger partial charge in [-0.15, -0.1) is 0 Å². The fourth-order valence-corrected chi connectivity index (χ4v) is 5.11. The maximum atomic E-state index is 13.5. The molecule has 5 heteroatoms. The average molecular weight is 471 g/mol. The quantitative estimate of drug-likeness (QED) is 0.360. The lowest BCUT2D eigenvalue weighted by Gasteiger charge is -2.30. The maximum Gasteiger partial charge on any atom is 0.170 e.